The number of ether oxygens (including phenoxy) is 1. The molecule has 0 fully saturated rings. The van der Waals surface area contributed by atoms with E-state index in [9.17, 15) is 17.6 Å². The first-order valence-electron chi connectivity index (χ1n) is 10.7. The van der Waals surface area contributed by atoms with Gasteiger partial charge in [-0.3, -0.25) is 9.52 Å². The second-order valence-corrected chi connectivity index (χ2v) is 9.67. The van der Waals surface area contributed by atoms with E-state index in [0.717, 1.165) is 18.1 Å². The van der Waals surface area contributed by atoms with Gasteiger partial charge < -0.3 is 9.64 Å². The van der Waals surface area contributed by atoms with Crippen LogP contribution in [0.1, 0.15) is 36.1 Å². The number of rotatable bonds is 6. The van der Waals surface area contributed by atoms with E-state index in [1.165, 1.54) is 12.1 Å². The van der Waals surface area contributed by atoms with Crippen LogP contribution >= 0.6 is 0 Å². The highest BCUT2D eigenvalue weighted by Crippen LogP contribution is 2.33. The molecule has 0 bridgehead atoms. The van der Waals surface area contributed by atoms with Gasteiger partial charge in [0.05, 0.1) is 17.5 Å². The topological polar surface area (TPSA) is 75.7 Å². The lowest BCUT2D eigenvalue weighted by molar-refractivity contribution is -0.135. The van der Waals surface area contributed by atoms with Crippen molar-refractivity contribution in [2.24, 2.45) is 0 Å². The van der Waals surface area contributed by atoms with Crippen LogP contribution in [-0.2, 0) is 21.4 Å². The van der Waals surface area contributed by atoms with Gasteiger partial charge in [-0.15, -0.1) is 0 Å². The molecule has 1 atom stereocenters. The minimum Gasteiger partial charge on any atom is -0.483 e. The quantitative estimate of drug-likeness (QED) is 0.564. The molecule has 3 aromatic carbocycles. The van der Waals surface area contributed by atoms with E-state index in [2.05, 4.69) is 4.72 Å². The summed E-state index contributed by atoms with van der Waals surface area (Å²) in [5, 5.41) is 0. The Labute approximate surface area is 193 Å². The highest BCUT2D eigenvalue weighted by molar-refractivity contribution is 7.92. The van der Waals surface area contributed by atoms with Crippen molar-refractivity contribution in [3.8, 4) is 5.75 Å². The Kier molecular flexibility index (Phi) is 6.37. The van der Waals surface area contributed by atoms with Crippen LogP contribution < -0.4 is 9.46 Å². The Bertz CT molecular complexity index is 1280. The third-order valence-electron chi connectivity index (χ3n) is 5.73. The number of nitrogens with zero attached hydrogens (tertiary/aromatic N) is 1. The number of benzene rings is 3. The molecule has 6 nitrogen and oxygen atoms in total. The molecular weight excluding hydrogens is 443 g/mol. The first-order valence-corrected chi connectivity index (χ1v) is 12.2. The molecule has 0 radical (unpaired) electrons. The van der Waals surface area contributed by atoms with Crippen molar-refractivity contribution in [2.75, 3.05) is 11.3 Å². The van der Waals surface area contributed by atoms with Gasteiger partial charge in [-0.05, 0) is 54.8 Å². The summed E-state index contributed by atoms with van der Waals surface area (Å²) >= 11 is 0. The zero-order valence-electron chi connectivity index (χ0n) is 18.4. The van der Waals surface area contributed by atoms with Gasteiger partial charge in [0, 0.05) is 11.3 Å². The third kappa shape index (κ3) is 4.85. The minimum absolute atomic E-state index is 0.0932. The molecule has 0 aliphatic carbocycles. The molecule has 0 saturated carbocycles. The molecule has 1 amide bonds. The van der Waals surface area contributed by atoms with Gasteiger partial charge in [0.1, 0.15) is 11.6 Å². The smallest absolute Gasteiger partial charge is 0.261 e. The molecule has 0 spiro atoms. The summed E-state index contributed by atoms with van der Waals surface area (Å²) in [4.78, 5) is 14.5. The van der Waals surface area contributed by atoms with E-state index in [0.29, 0.717) is 22.6 Å². The number of amides is 1. The Morgan fingerprint density at radius 2 is 1.85 bits per heavy atom. The average molecular weight is 469 g/mol. The summed E-state index contributed by atoms with van der Waals surface area (Å²) in [5.74, 6) is -0.203. The van der Waals surface area contributed by atoms with Crippen LogP contribution in [0.4, 0.5) is 10.1 Å². The van der Waals surface area contributed by atoms with Crippen LogP contribution in [0.2, 0.25) is 0 Å². The number of anilines is 1. The zero-order valence-corrected chi connectivity index (χ0v) is 19.2. The maximum atomic E-state index is 13.9. The normalized spacial score (nSPS) is 14.8. The van der Waals surface area contributed by atoms with Crippen molar-refractivity contribution in [1.29, 1.82) is 0 Å². The van der Waals surface area contributed by atoms with Crippen LogP contribution in [-0.4, -0.2) is 25.8 Å². The molecule has 1 aliphatic heterocycles. The van der Waals surface area contributed by atoms with Crippen molar-refractivity contribution in [3.63, 3.8) is 0 Å². The monoisotopic (exact) mass is 468 g/mol. The van der Waals surface area contributed by atoms with Crippen LogP contribution in [0.15, 0.2) is 71.6 Å². The first-order chi connectivity index (χ1) is 15.8. The van der Waals surface area contributed by atoms with Gasteiger partial charge in [-0.2, -0.15) is 0 Å². The molecule has 1 heterocycles. The van der Waals surface area contributed by atoms with Crippen molar-refractivity contribution < 1.29 is 22.3 Å². The highest BCUT2D eigenvalue weighted by atomic mass is 32.2. The van der Waals surface area contributed by atoms with Gasteiger partial charge in [0.2, 0.25) is 0 Å². The summed E-state index contributed by atoms with van der Waals surface area (Å²) in [6.07, 6.45) is 0.719. The predicted molar refractivity (Wildman–Crippen MR) is 124 cm³/mol. The summed E-state index contributed by atoms with van der Waals surface area (Å²) in [6, 6.07) is 18.3. The lowest BCUT2D eigenvalue weighted by Crippen LogP contribution is -2.35. The van der Waals surface area contributed by atoms with Crippen LogP contribution in [0, 0.1) is 12.7 Å². The van der Waals surface area contributed by atoms with E-state index in [-0.39, 0.29) is 30.0 Å². The standard InChI is InChI=1S/C25H25FN2O4S/c1-3-23(18-7-5-4-6-8-18)28-15-19-13-20(10-12-24(19)32-16-25(28)29)27-33(30,31)21-11-9-17(2)22(26)14-21/h4-14,23,27H,3,15-16H2,1-2H3. The third-order valence-corrected chi connectivity index (χ3v) is 7.10. The van der Waals surface area contributed by atoms with E-state index in [1.54, 1.807) is 30.0 Å². The second-order valence-electron chi connectivity index (χ2n) is 7.98. The molecule has 0 aromatic heterocycles. The fourth-order valence-electron chi connectivity index (χ4n) is 3.95. The molecule has 1 aliphatic rings. The van der Waals surface area contributed by atoms with Crippen molar-refractivity contribution >= 4 is 21.6 Å². The number of carbonyl (C=O) groups is 1. The lowest BCUT2D eigenvalue weighted by Gasteiger charge is -2.30. The van der Waals surface area contributed by atoms with Crippen molar-refractivity contribution in [3.05, 3.63) is 89.2 Å². The van der Waals surface area contributed by atoms with E-state index < -0.39 is 15.8 Å². The van der Waals surface area contributed by atoms with E-state index in [4.69, 9.17) is 4.74 Å². The Balaban J connectivity index is 1.63. The highest BCUT2D eigenvalue weighted by Gasteiger charge is 2.28. The van der Waals surface area contributed by atoms with E-state index in [1.807, 2.05) is 37.3 Å². The van der Waals surface area contributed by atoms with Gasteiger partial charge >= 0.3 is 0 Å². The second kappa shape index (κ2) is 9.23. The summed E-state index contributed by atoms with van der Waals surface area (Å²) in [6.45, 7) is 3.76. The van der Waals surface area contributed by atoms with Crippen LogP contribution in [0.5, 0.6) is 5.75 Å². The molecule has 1 N–H and O–H groups in total. The molecule has 4 rings (SSSR count). The molecule has 0 saturated heterocycles. The fraction of sp³-hybridized carbons (Fsp3) is 0.240. The predicted octanol–water partition coefficient (Wildman–Crippen LogP) is 4.81. The fourth-order valence-corrected chi connectivity index (χ4v) is 5.01. The average Bonchev–Trinajstić information content (AvgIpc) is 2.95. The number of fused-ring (bicyclic) bond motifs is 1. The minimum atomic E-state index is -3.99. The summed E-state index contributed by atoms with van der Waals surface area (Å²) in [5.41, 5.74) is 2.38. The van der Waals surface area contributed by atoms with Gasteiger partial charge in [-0.1, -0.05) is 43.3 Å². The molecule has 172 valence electrons. The first kappa shape index (κ1) is 22.8. The molecule has 1 unspecified atom stereocenters. The van der Waals surface area contributed by atoms with Gasteiger partial charge in [0.15, 0.2) is 6.61 Å². The number of hydrogen-bond acceptors (Lipinski definition) is 4. The number of aryl methyl sites for hydroxylation is 1. The van der Waals surface area contributed by atoms with Crippen LogP contribution in [0.3, 0.4) is 0 Å². The zero-order chi connectivity index (χ0) is 23.6. The van der Waals surface area contributed by atoms with Gasteiger partial charge in [0.25, 0.3) is 15.9 Å². The number of carbonyl (C=O) groups excluding carboxylic acids is 1. The Morgan fingerprint density at radius 3 is 2.55 bits per heavy atom. The maximum Gasteiger partial charge on any atom is 0.261 e. The molecular formula is C25H25FN2O4S. The Morgan fingerprint density at radius 1 is 1.09 bits per heavy atom. The number of halogens is 1. The Hall–Kier alpha value is -3.39. The SMILES string of the molecule is CCC(c1ccccc1)N1Cc2cc(NS(=O)(=O)c3ccc(C)c(F)c3)ccc2OCC1=O. The number of sulfonamides is 1. The van der Waals surface area contributed by atoms with Gasteiger partial charge in [-0.25, -0.2) is 12.8 Å². The van der Waals surface area contributed by atoms with Crippen LogP contribution in [0.25, 0.3) is 0 Å². The maximum absolute atomic E-state index is 13.9. The summed E-state index contributed by atoms with van der Waals surface area (Å²) in [7, 11) is -3.99. The lowest BCUT2D eigenvalue weighted by atomic mass is 10.0. The van der Waals surface area contributed by atoms with Crippen molar-refractivity contribution in [1.82, 2.24) is 4.90 Å². The largest absolute Gasteiger partial charge is 0.483 e. The number of nitrogens with one attached hydrogen (secondary N) is 1. The summed E-state index contributed by atoms with van der Waals surface area (Å²) < 4.78 is 47.7. The van der Waals surface area contributed by atoms with Crippen molar-refractivity contribution in [2.45, 2.75) is 37.8 Å². The number of hydrogen-bond donors (Lipinski definition) is 1. The van der Waals surface area contributed by atoms with E-state index >= 15 is 0 Å². The molecule has 3 aromatic rings. The molecule has 33 heavy (non-hydrogen) atoms. The molecule has 8 heteroatoms.